The van der Waals surface area contributed by atoms with Crippen LogP contribution in [-0.2, 0) is 0 Å². The Morgan fingerprint density at radius 2 is 1.73 bits per heavy atom. The molecule has 0 amide bonds. The van der Waals surface area contributed by atoms with Gasteiger partial charge >= 0.3 is 12.1 Å². The molecule has 0 heterocycles. The Labute approximate surface area is 83.6 Å². The summed E-state index contributed by atoms with van der Waals surface area (Å²) in [6.07, 6.45) is -5.33. The first kappa shape index (κ1) is 12.4. The number of aliphatic hydroxyl groups is 1. The molecule has 0 bridgehead atoms. The summed E-state index contributed by atoms with van der Waals surface area (Å²) in [6, 6.07) is 0. The van der Waals surface area contributed by atoms with Crippen molar-refractivity contribution in [2.45, 2.75) is 43.9 Å². The number of hydrogen-bond donors (Lipinski definition) is 1. The number of aliphatic hydroxyl groups excluding tert-OH is 1. The molecular formula is C9H11F5O. The van der Waals surface area contributed by atoms with Gasteiger partial charge in [0.2, 0.25) is 0 Å². The van der Waals surface area contributed by atoms with Crippen LogP contribution < -0.4 is 0 Å². The summed E-state index contributed by atoms with van der Waals surface area (Å²) in [5.41, 5.74) is -0.205. The van der Waals surface area contributed by atoms with Crippen molar-refractivity contribution >= 4 is 0 Å². The van der Waals surface area contributed by atoms with E-state index in [9.17, 15) is 22.0 Å². The summed E-state index contributed by atoms with van der Waals surface area (Å²) in [7, 11) is 0. The van der Waals surface area contributed by atoms with Gasteiger partial charge in [0.05, 0.1) is 0 Å². The monoisotopic (exact) mass is 230 g/mol. The molecule has 1 aliphatic rings. The fraction of sp³-hybridized carbons (Fsp3) is 0.778. The Hall–Kier alpha value is -0.650. The van der Waals surface area contributed by atoms with Gasteiger partial charge in [-0.3, -0.25) is 0 Å². The second kappa shape index (κ2) is 4.08. The highest BCUT2D eigenvalue weighted by atomic mass is 19.4. The van der Waals surface area contributed by atoms with Crippen LogP contribution in [0.3, 0.4) is 0 Å². The lowest BCUT2D eigenvalue weighted by Crippen LogP contribution is -2.48. The number of rotatable bonds is 2. The predicted molar refractivity (Wildman–Crippen MR) is 43.6 cm³/mol. The van der Waals surface area contributed by atoms with Gasteiger partial charge in [0, 0.05) is 0 Å². The van der Waals surface area contributed by atoms with E-state index < -0.39 is 18.2 Å². The van der Waals surface area contributed by atoms with Crippen molar-refractivity contribution < 1.29 is 27.1 Å². The minimum absolute atomic E-state index is 0.104. The zero-order valence-electron chi connectivity index (χ0n) is 7.82. The zero-order valence-corrected chi connectivity index (χ0v) is 7.82. The smallest absolute Gasteiger partial charge is 0.382 e. The van der Waals surface area contributed by atoms with Gasteiger partial charge in [0.15, 0.2) is 0 Å². The quantitative estimate of drug-likeness (QED) is 0.571. The van der Waals surface area contributed by atoms with Crippen LogP contribution in [-0.4, -0.2) is 23.3 Å². The SMILES string of the molecule is OC(C1=CCCCC1)C(F)(F)C(F)(F)F. The highest BCUT2D eigenvalue weighted by Crippen LogP contribution is 2.41. The molecule has 0 saturated carbocycles. The summed E-state index contributed by atoms with van der Waals surface area (Å²) < 4.78 is 61.1. The van der Waals surface area contributed by atoms with E-state index >= 15 is 0 Å². The largest absolute Gasteiger partial charge is 0.456 e. The van der Waals surface area contributed by atoms with Crippen LogP contribution in [0.4, 0.5) is 22.0 Å². The molecule has 0 aromatic heterocycles. The summed E-state index contributed by atoms with van der Waals surface area (Å²) in [4.78, 5) is 0. The molecule has 0 aromatic carbocycles. The van der Waals surface area contributed by atoms with Gasteiger partial charge in [0.25, 0.3) is 0 Å². The number of allylic oxidation sites excluding steroid dienone is 1. The zero-order chi connectivity index (χ0) is 11.7. The average molecular weight is 230 g/mol. The van der Waals surface area contributed by atoms with Gasteiger partial charge in [0.1, 0.15) is 6.10 Å². The van der Waals surface area contributed by atoms with E-state index in [0.29, 0.717) is 12.8 Å². The molecule has 0 spiro atoms. The van der Waals surface area contributed by atoms with Crippen molar-refractivity contribution in [2.75, 3.05) is 0 Å². The van der Waals surface area contributed by atoms with Gasteiger partial charge in [-0.25, -0.2) is 0 Å². The molecule has 0 aliphatic heterocycles. The third kappa shape index (κ3) is 2.48. The van der Waals surface area contributed by atoms with E-state index in [2.05, 4.69) is 0 Å². The lowest BCUT2D eigenvalue weighted by molar-refractivity contribution is -0.307. The van der Waals surface area contributed by atoms with Crippen LogP contribution in [0, 0.1) is 0 Å². The molecule has 1 unspecified atom stereocenters. The van der Waals surface area contributed by atoms with Gasteiger partial charge < -0.3 is 5.11 Å². The minimum Gasteiger partial charge on any atom is -0.382 e. The predicted octanol–water partition coefficient (Wildman–Crippen LogP) is 3.05. The topological polar surface area (TPSA) is 20.2 Å². The Balaban J connectivity index is 2.83. The van der Waals surface area contributed by atoms with Gasteiger partial charge in [-0.15, -0.1) is 0 Å². The van der Waals surface area contributed by atoms with E-state index in [1.54, 1.807) is 0 Å². The summed E-state index contributed by atoms with van der Waals surface area (Å²) in [5, 5.41) is 9.00. The molecule has 0 radical (unpaired) electrons. The third-order valence-corrected chi connectivity index (χ3v) is 2.40. The Morgan fingerprint density at radius 1 is 1.13 bits per heavy atom. The maximum atomic E-state index is 12.7. The summed E-state index contributed by atoms with van der Waals surface area (Å²) in [5.74, 6) is -5.06. The Kier molecular flexibility index (Phi) is 3.38. The first-order valence-electron chi connectivity index (χ1n) is 4.58. The molecule has 0 aromatic rings. The lowest BCUT2D eigenvalue weighted by Gasteiger charge is -2.28. The van der Waals surface area contributed by atoms with Crippen LogP contribution in [0.15, 0.2) is 11.6 Å². The van der Waals surface area contributed by atoms with Crippen molar-refractivity contribution in [3.8, 4) is 0 Å². The van der Waals surface area contributed by atoms with Crippen LogP contribution in [0.5, 0.6) is 0 Å². The maximum Gasteiger partial charge on any atom is 0.456 e. The first-order valence-corrected chi connectivity index (χ1v) is 4.58. The Morgan fingerprint density at radius 3 is 2.13 bits per heavy atom. The van der Waals surface area contributed by atoms with Crippen LogP contribution in [0.2, 0.25) is 0 Å². The minimum atomic E-state index is -5.70. The van der Waals surface area contributed by atoms with E-state index in [1.165, 1.54) is 6.08 Å². The normalized spacial score (nSPS) is 21.1. The molecule has 1 aliphatic carbocycles. The van der Waals surface area contributed by atoms with Crippen LogP contribution >= 0.6 is 0 Å². The second-order valence-corrected chi connectivity index (χ2v) is 3.55. The molecule has 6 heteroatoms. The fourth-order valence-electron chi connectivity index (χ4n) is 1.50. The molecule has 0 fully saturated rings. The van der Waals surface area contributed by atoms with Gasteiger partial charge in [-0.1, -0.05) is 6.08 Å². The molecular weight excluding hydrogens is 219 g/mol. The number of alkyl halides is 5. The molecule has 88 valence electrons. The van der Waals surface area contributed by atoms with E-state index in [1.807, 2.05) is 0 Å². The van der Waals surface area contributed by atoms with E-state index in [0.717, 1.165) is 6.42 Å². The van der Waals surface area contributed by atoms with Crippen molar-refractivity contribution in [1.82, 2.24) is 0 Å². The lowest BCUT2D eigenvalue weighted by atomic mass is 9.92. The summed E-state index contributed by atoms with van der Waals surface area (Å²) in [6.45, 7) is 0. The third-order valence-electron chi connectivity index (χ3n) is 2.40. The highest BCUT2D eigenvalue weighted by Gasteiger charge is 2.62. The molecule has 15 heavy (non-hydrogen) atoms. The highest BCUT2D eigenvalue weighted by molar-refractivity contribution is 5.15. The van der Waals surface area contributed by atoms with Crippen LogP contribution in [0.1, 0.15) is 25.7 Å². The number of hydrogen-bond acceptors (Lipinski definition) is 1. The molecule has 1 atom stereocenters. The van der Waals surface area contributed by atoms with Crippen molar-refractivity contribution in [2.24, 2.45) is 0 Å². The van der Waals surface area contributed by atoms with E-state index in [-0.39, 0.29) is 12.0 Å². The Bertz CT molecular complexity index is 256. The summed E-state index contributed by atoms with van der Waals surface area (Å²) >= 11 is 0. The van der Waals surface area contributed by atoms with Crippen molar-refractivity contribution in [1.29, 1.82) is 0 Å². The molecule has 1 N–H and O–H groups in total. The van der Waals surface area contributed by atoms with Gasteiger partial charge in [-0.05, 0) is 31.3 Å². The van der Waals surface area contributed by atoms with Crippen molar-refractivity contribution in [3.63, 3.8) is 0 Å². The second-order valence-electron chi connectivity index (χ2n) is 3.55. The van der Waals surface area contributed by atoms with Crippen LogP contribution in [0.25, 0.3) is 0 Å². The van der Waals surface area contributed by atoms with Gasteiger partial charge in [-0.2, -0.15) is 22.0 Å². The maximum absolute atomic E-state index is 12.7. The van der Waals surface area contributed by atoms with E-state index in [4.69, 9.17) is 5.11 Å². The molecule has 1 nitrogen and oxygen atoms in total. The van der Waals surface area contributed by atoms with Crippen molar-refractivity contribution in [3.05, 3.63) is 11.6 Å². The average Bonchev–Trinajstić information content (AvgIpc) is 2.16. The number of halogens is 5. The fourth-order valence-corrected chi connectivity index (χ4v) is 1.50. The standard InChI is InChI=1S/C9H11F5O/c10-8(11,9(12,13)14)7(15)6-4-2-1-3-5-6/h4,7,15H,1-3,5H2. The molecule has 0 saturated heterocycles. The first-order chi connectivity index (χ1) is 6.77. The molecule has 1 rings (SSSR count).